The second kappa shape index (κ2) is 10.6. The van der Waals surface area contributed by atoms with Gasteiger partial charge in [0.15, 0.2) is 0 Å². The van der Waals surface area contributed by atoms with Crippen molar-refractivity contribution in [2.45, 2.75) is 51.4 Å². The molecule has 4 rings (SSSR count). The molecule has 1 amide bonds. The number of ether oxygens (including phenoxy) is 1. The molecule has 9 nitrogen and oxygen atoms in total. The monoisotopic (exact) mass is 550 g/mol. The third-order valence-electron chi connectivity index (χ3n) is 5.79. The Morgan fingerprint density at radius 2 is 1.89 bits per heavy atom. The Morgan fingerprint density at radius 1 is 1.18 bits per heavy atom. The molecule has 1 aliphatic rings. The number of carbonyl (C=O) groups excluding carboxylic acids is 2. The maximum absolute atomic E-state index is 13.8. The predicted octanol–water partition coefficient (Wildman–Crippen LogP) is 5.63. The molecule has 38 heavy (non-hydrogen) atoms. The molecular formula is C25H26ClF3N6O3. The first-order valence-electron chi connectivity index (χ1n) is 11.8. The molecule has 0 bridgehead atoms. The fraction of sp³-hybridized carbons (Fsp3) is 0.400. The lowest BCUT2D eigenvalue weighted by Crippen LogP contribution is -2.44. The van der Waals surface area contributed by atoms with Crippen LogP contribution in [-0.2, 0) is 10.9 Å². The molecule has 3 aromatic rings. The number of aromatic nitrogens is 4. The highest BCUT2D eigenvalue weighted by molar-refractivity contribution is 6.32. The number of rotatable bonds is 5. The standard InChI is InChI=1S/C25H26ClF3N6O3/c1-24(2,3)38-23(37)34-8-6-16(7-9-34)32-22-30-11-17(25(27,28)29)21(33-22)19-12-35(14-31-19)20-5-4-15(13-36)10-18(20)26/h4-5,10-14,16H,6-9H2,1-3H3,(H,30,32,33). The summed E-state index contributed by atoms with van der Waals surface area (Å²) in [5, 5.41) is 3.31. The maximum Gasteiger partial charge on any atom is 0.420 e. The van der Waals surface area contributed by atoms with Gasteiger partial charge in [0.05, 0.1) is 10.7 Å². The number of amides is 1. The number of aldehydes is 1. The number of alkyl halides is 3. The van der Waals surface area contributed by atoms with Crippen LogP contribution in [0.2, 0.25) is 5.02 Å². The van der Waals surface area contributed by atoms with Crippen LogP contribution < -0.4 is 5.32 Å². The molecule has 0 saturated carbocycles. The average molecular weight is 551 g/mol. The van der Waals surface area contributed by atoms with Crippen molar-refractivity contribution < 1.29 is 27.5 Å². The lowest BCUT2D eigenvalue weighted by Gasteiger charge is -2.33. The van der Waals surface area contributed by atoms with Crippen molar-refractivity contribution >= 4 is 29.9 Å². The second-order valence-electron chi connectivity index (χ2n) is 9.83. The summed E-state index contributed by atoms with van der Waals surface area (Å²) in [6.07, 6.45) is 0.0417. The largest absolute Gasteiger partial charge is 0.444 e. The van der Waals surface area contributed by atoms with Crippen molar-refractivity contribution in [1.82, 2.24) is 24.4 Å². The van der Waals surface area contributed by atoms with Crippen molar-refractivity contribution in [3.63, 3.8) is 0 Å². The first kappa shape index (κ1) is 27.4. The van der Waals surface area contributed by atoms with E-state index in [1.165, 1.54) is 29.2 Å². The van der Waals surface area contributed by atoms with Crippen LogP contribution in [0.4, 0.5) is 23.9 Å². The number of likely N-dealkylation sites (tertiary alicyclic amines) is 1. The molecule has 1 saturated heterocycles. The fourth-order valence-electron chi connectivity index (χ4n) is 3.95. The van der Waals surface area contributed by atoms with E-state index in [0.717, 1.165) is 6.20 Å². The minimum Gasteiger partial charge on any atom is -0.444 e. The molecule has 0 radical (unpaired) electrons. The predicted molar refractivity (Wildman–Crippen MR) is 134 cm³/mol. The SMILES string of the molecule is CC(C)(C)OC(=O)N1CCC(Nc2ncc(C(F)(F)F)c(-c3cn(-c4ccc(C=O)cc4Cl)cn3)n2)CC1. The first-order valence-corrected chi connectivity index (χ1v) is 12.2. The van der Waals surface area contributed by atoms with Crippen molar-refractivity contribution in [2.75, 3.05) is 18.4 Å². The minimum atomic E-state index is -4.71. The van der Waals surface area contributed by atoms with Crippen LogP contribution in [0.1, 0.15) is 49.5 Å². The average Bonchev–Trinajstić information content (AvgIpc) is 3.32. The van der Waals surface area contributed by atoms with Crippen molar-refractivity contribution in [1.29, 1.82) is 0 Å². The Labute approximate surface area is 222 Å². The van der Waals surface area contributed by atoms with E-state index in [2.05, 4.69) is 20.3 Å². The molecule has 1 aromatic carbocycles. The molecule has 0 atom stereocenters. The van der Waals surface area contributed by atoms with Gasteiger partial charge in [-0.25, -0.2) is 19.7 Å². The third-order valence-corrected chi connectivity index (χ3v) is 6.09. The fourth-order valence-corrected chi connectivity index (χ4v) is 4.24. The van der Waals surface area contributed by atoms with E-state index in [1.54, 1.807) is 31.7 Å². The van der Waals surface area contributed by atoms with Gasteiger partial charge in [0.2, 0.25) is 5.95 Å². The van der Waals surface area contributed by atoms with Crippen LogP contribution in [0.25, 0.3) is 17.1 Å². The highest BCUT2D eigenvalue weighted by atomic mass is 35.5. The van der Waals surface area contributed by atoms with E-state index in [0.29, 0.717) is 43.5 Å². The molecule has 1 aliphatic heterocycles. The van der Waals surface area contributed by atoms with Crippen LogP contribution in [0.5, 0.6) is 0 Å². The Balaban J connectivity index is 1.54. The number of imidazole rings is 1. The number of piperidine rings is 1. The molecule has 13 heteroatoms. The summed E-state index contributed by atoms with van der Waals surface area (Å²) < 4.78 is 48.2. The van der Waals surface area contributed by atoms with Crippen LogP contribution in [-0.4, -0.2) is 61.5 Å². The summed E-state index contributed by atoms with van der Waals surface area (Å²) in [5.74, 6) is 0.0200. The van der Waals surface area contributed by atoms with E-state index >= 15 is 0 Å². The summed E-state index contributed by atoms with van der Waals surface area (Å²) in [6, 6.07) is 4.41. The molecule has 3 heterocycles. The number of nitrogens with one attached hydrogen (secondary N) is 1. The van der Waals surface area contributed by atoms with Gasteiger partial charge in [0.25, 0.3) is 0 Å². The van der Waals surface area contributed by atoms with Gasteiger partial charge in [0.1, 0.15) is 35.2 Å². The highest BCUT2D eigenvalue weighted by Crippen LogP contribution is 2.36. The van der Waals surface area contributed by atoms with E-state index in [1.807, 2.05) is 0 Å². The van der Waals surface area contributed by atoms with Crippen molar-refractivity contribution in [3.05, 3.63) is 53.1 Å². The van der Waals surface area contributed by atoms with Gasteiger partial charge in [-0.15, -0.1) is 0 Å². The van der Waals surface area contributed by atoms with Crippen LogP contribution in [0.15, 0.2) is 36.9 Å². The molecule has 0 spiro atoms. The Hall–Kier alpha value is -3.67. The molecule has 202 valence electrons. The Bertz CT molecular complexity index is 1330. The number of benzene rings is 1. The van der Waals surface area contributed by atoms with E-state index in [4.69, 9.17) is 16.3 Å². The first-order chi connectivity index (χ1) is 17.8. The number of carbonyl (C=O) groups is 2. The molecular weight excluding hydrogens is 525 g/mol. The van der Waals surface area contributed by atoms with Gasteiger partial charge in [-0.2, -0.15) is 13.2 Å². The minimum absolute atomic E-state index is 0.0200. The normalized spacial score (nSPS) is 14.9. The smallest absolute Gasteiger partial charge is 0.420 e. The lowest BCUT2D eigenvalue weighted by molar-refractivity contribution is -0.137. The zero-order valence-electron chi connectivity index (χ0n) is 20.9. The molecule has 1 fully saturated rings. The lowest BCUT2D eigenvalue weighted by atomic mass is 10.1. The zero-order chi connectivity index (χ0) is 27.7. The summed E-state index contributed by atoms with van der Waals surface area (Å²) in [7, 11) is 0. The molecule has 1 N–H and O–H groups in total. The third kappa shape index (κ3) is 6.42. The van der Waals surface area contributed by atoms with Gasteiger partial charge in [-0.1, -0.05) is 11.6 Å². The van der Waals surface area contributed by atoms with Gasteiger partial charge < -0.3 is 19.5 Å². The summed E-state index contributed by atoms with van der Waals surface area (Å²) in [4.78, 5) is 37.0. The van der Waals surface area contributed by atoms with E-state index < -0.39 is 23.4 Å². The number of hydrogen-bond donors (Lipinski definition) is 1. The van der Waals surface area contributed by atoms with Crippen LogP contribution in [0.3, 0.4) is 0 Å². The highest BCUT2D eigenvalue weighted by Gasteiger charge is 2.36. The molecule has 0 unspecified atom stereocenters. The molecule has 2 aromatic heterocycles. The summed E-state index contributed by atoms with van der Waals surface area (Å²) in [5.41, 5.74) is -1.25. The summed E-state index contributed by atoms with van der Waals surface area (Å²) >= 11 is 6.24. The summed E-state index contributed by atoms with van der Waals surface area (Å²) in [6.45, 7) is 6.22. The molecule has 0 aliphatic carbocycles. The number of anilines is 1. The maximum atomic E-state index is 13.8. The number of hydrogen-bond acceptors (Lipinski definition) is 7. The quantitative estimate of drug-likeness (QED) is 0.411. The van der Waals surface area contributed by atoms with Crippen LogP contribution >= 0.6 is 11.6 Å². The van der Waals surface area contributed by atoms with Gasteiger partial charge in [-0.3, -0.25) is 4.79 Å². The van der Waals surface area contributed by atoms with Gasteiger partial charge in [0, 0.05) is 37.1 Å². The van der Waals surface area contributed by atoms with Gasteiger partial charge >= 0.3 is 12.3 Å². The second-order valence-corrected chi connectivity index (χ2v) is 10.2. The Morgan fingerprint density at radius 3 is 2.50 bits per heavy atom. The van der Waals surface area contributed by atoms with Gasteiger partial charge in [-0.05, 0) is 51.8 Å². The van der Waals surface area contributed by atoms with E-state index in [9.17, 15) is 22.8 Å². The number of nitrogens with zero attached hydrogens (tertiary/aromatic N) is 5. The van der Waals surface area contributed by atoms with Crippen molar-refractivity contribution in [2.24, 2.45) is 0 Å². The topological polar surface area (TPSA) is 102 Å². The Kier molecular flexibility index (Phi) is 7.63. The van der Waals surface area contributed by atoms with Crippen molar-refractivity contribution in [3.8, 4) is 17.1 Å². The number of halogens is 4. The van der Waals surface area contributed by atoms with Crippen LogP contribution in [0, 0.1) is 0 Å². The zero-order valence-corrected chi connectivity index (χ0v) is 21.7. The van der Waals surface area contributed by atoms with E-state index in [-0.39, 0.29) is 28.4 Å².